The van der Waals surface area contributed by atoms with Crippen LogP contribution in [0.2, 0.25) is 0 Å². The number of rotatable bonds is 0. The minimum Gasteiger partial charge on any atom is -0.250 e. The van der Waals surface area contributed by atoms with Gasteiger partial charge >= 0.3 is 0 Å². The summed E-state index contributed by atoms with van der Waals surface area (Å²) in [5, 5.41) is 5.04. The molecule has 0 unspecified atom stereocenters. The fourth-order valence-electron chi connectivity index (χ4n) is 1.12. The molecule has 2 heterocycles. The maximum absolute atomic E-state index is 5.23. The van der Waals surface area contributed by atoms with Crippen LogP contribution in [0.1, 0.15) is 5.56 Å². The molecule has 58 valence electrons. The number of terminal acetylenes is 1. The lowest BCUT2D eigenvalue weighted by Crippen LogP contribution is -1.91. The Labute approximate surface area is 70.0 Å². The molecule has 0 N–H and O–H groups in total. The summed E-state index contributed by atoms with van der Waals surface area (Å²) in [6, 6.07) is 1.90. The second kappa shape index (κ2) is 2.35. The monoisotopic (exact) mass is 157 g/mol. The van der Waals surface area contributed by atoms with Crippen molar-refractivity contribution in [1.29, 1.82) is 0 Å². The van der Waals surface area contributed by atoms with Gasteiger partial charge in [0.15, 0.2) is 5.65 Å². The summed E-state index contributed by atoms with van der Waals surface area (Å²) >= 11 is 0. The Morgan fingerprint density at radius 3 is 3.08 bits per heavy atom. The van der Waals surface area contributed by atoms with Gasteiger partial charge in [-0.3, -0.25) is 4.68 Å². The maximum Gasteiger partial charge on any atom is 0.157 e. The first-order chi connectivity index (χ1) is 5.81. The van der Waals surface area contributed by atoms with Crippen LogP contribution in [0.5, 0.6) is 0 Å². The molecule has 3 heteroatoms. The lowest BCUT2D eigenvalue weighted by molar-refractivity contribution is 0.786. The van der Waals surface area contributed by atoms with Gasteiger partial charge in [0.05, 0.1) is 6.20 Å². The fraction of sp³-hybridized carbons (Fsp3) is 0.111. The van der Waals surface area contributed by atoms with Crippen LogP contribution in [0.15, 0.2) is 18.5 Å². The lowest BCUT2D eigenvalue weighted by atomic mass is 10.2. The van der Waals surface area contributed by atoms with Crippen molar-refractivity contribution in [3.05, 3.63) is 24.0 Å². The SMILES string of the molecule is C#Cc1cnc2c(cnn2C)c1. The summed E-state index contributed by atoms with van der Waals surface area (Å²) in [6.07, 6.45) is 8.65. The van der Waals surface area contributed by atoms with Crippen molar-refractivity contribution in [3.8, 4) is 12.3 Å². The van der Waals surface area contributed by atoms with Gasteiger partial charge in [0.2, 0.25) is 0 Å². The molecule has 2 aromatic heterocycles. The summed E-state index contributed by atoms with van der Waals surface area (Å²) in [7, 11) is 1.85. The Balaban J connectivity index is 2.80. The second-order valence-corrected chi connectivity index (χ2v) is 2.55. The molecule has 0 atom stereocenters. The number of hydrogen-bond donors (Lipinski definition) is 0. The number of aromatic nitrogens is 3. The third-order valence-electron chi connectivity index (χ3n) is 1.74. The van der Waals surface area contributed by atoms with Crippen LogP contribution in [0.25, 0.3) is 11.0 Å². The van der Waals surface area contributed by atoms with Crippen LogP contribution in [0.4, 0.5) is 0 Å². The second-order valence-electron chi connectivity index (χ2n) is 2.55. The Kier molecular flexibility index (Phi) is 1.34. The van der Waals surface area contributed by atoms with Gasteiger partial charge in [-0.1, -0.05) is 5.92 Å². The summed E-state index contributed by atoms with van der Waals surface area (Å²) in [6.45, 7) is 0. The standard InChI is InChI=1S/C9H7N3/c1-3-7-4-8-6-11-12(2)9(8)10-5-7/h1,4-6H,2H3. The van der Waals surface area contributed by atoms with E-state index in [-0.39, 0.29) is 0 Å². The van der Waals surface area contributed by atoms with Crippen molar-refractivity contribution in [3.63, 3.8) is 0 Å². The van der Waals surface area contributed by atoms with Crippen LogP contribution >= 0.6 is 0 Å². The van der Waals surface area contributed by atoms with E-state index in [0.29, 0.717) is 0 Å². The molecule has 0 aliphatic rings. The lowest BCUT2D eigenvalue weighted by Gasteiger charge is -1.92. The van der Waals surface area contributed by atoms with Crippen molar-refractivity contribution >= 4 is 11.0 Å². The Hall–Kier alpha value is -1.82. The van der Waals surface area contributed by atoms with Crippen molar-refractivity contribution in [2.24, 2.45) is 7.05 Å². The van der Waals surface area contributed by atoms with E-state index in [2.05, 4.69) is 16.0 Å². The third kappa shape index (κ3) is 0.857. The van der Waals surface area contributed by atoms with Crippen molar-refractivity contribution in [2.45, 2.75) is 0 Å². The first-order valence-electron chi connectivity index (χ1n) is 3.55. The molecule has 0 fully saturated rings. The normalized spacial score (nSPS) is 10.0. The van der Waals surface area contributed by atoms with Gasteiger partial charge in [0, 0.05) is 24.2 Å². The Morgan fingerprint density at radius 1 is 1.50 bits per heavy atom. The van der Waals surface area contributed by atoms with E-state index in [1.165, 1.54) is 0 Å². The molecule has 0 amide bonds. The molecular formula is C9H7N3. The molecule has 2 aromatic rings. The van der Waals surface area contributed by atoms with Gasteiger partial charge in [-0.2, -0.15) is 5.10 Å². The minimum absolute atomic E-state index is 0.788. The molecular weight excluding hydrogens is 150 g/mol. The number of fused-ring (bicyclic) bond motifs is 1. The zero-order chi connectivity index (χ0) is 8.55. The van der Waals surface area contributed by atoms with Crippen LogP contribution in [0, 0.1) is 12.3 Å². The largest absolute Gasteiger partial charge is 0.250 e. The molecule has 0 saturated heterocycles. The fourth-order valence-corrected chi connectivity index (χ4v) is 1.12. The molecule has 0 spiro atoms. The first-order valence-corrected chi connectivity index (χ1v) is 3.55. The van der Waals surface area contributed by atoms with Gasteiger partial charge in [-0.25, -0.2) is 4.98 Å². The molecule has 0 aliphatic carbocycles. The van der Waals surface area contributed by atoms with Crippen molar-refractivity contribution in [2.75, 3.05) is 0 Å². The van der Waals surface area contributed by atoms with E-state index in [9.17, 15) is 0 Å². The minimum atomic E-state index is 0.788. The first kappa shape index (κ1) is 6.86. The van der Waals surface area contributed by atoms with Crippen LogP contribution < -0.4 is 0 Å². The molecule has 0 aliphatic heterocycles. The molecule has 0 saturated carbocycles. The van der Waals surface area contributed by atoms with E-state index < -0.39 is 0 Å². The highest BCUT2D eigenvalue weighted by molar-refractivity contribution is 5.75. The topological polar surface area (TPSA) is 30.7 Å². The predicted octanol–water partition coefficient (Wildman–Crippen LogP) is 0.950. The molecule has 12 heavy (non-hydrogen) atoms. The van der Waals surface area contributed by atoms with E-state index in [0.717, 1.165) is 16.6 Å². The van der Waals surface area contributed by atoms with Gasteiger partial charge in [0.1, 0.15) is 0 Å². The van der Waals surface area contributed by atoms with Gasteiger partial charge in [-0.15, -0.1) is 6.42 Å². The summed E-state index contributed by atoms with van der Waals surface area (Å²) in [5.74, 6) is 2.53. The highest BCUT2D eigenvalue weighted by Crippen LogP contribution is 2.10. The number of hydrogen-bond acceptors (Lipinski definition) is 2. The number of aryl methyl sites for hydroxylation is 1. The van der Waals surface area contributed by atoms with Crippen LogP contribution in [-0.4, -0.2) is 14.8 Å². The maximum atomic E-state index is 5.23. The molecule has 3 nitrogen and oxygen atoms in total. The zero-order valence-corrected chi connectivity index (χ0v) is 6.65. The van der Waals surface area contributed by atoms with Gasteiger partial charge in [-0.05, 0) is 6.07 Å². The smallest absolute Gasteiger partial charge is 0.157 e. The third-order valence-corrected chi connectivity index (χ3v) is 1.74. The number of nitrogens with zero attached hydrogens (tertiary/aromatic N) is 3. The summed E-state index contributed by atoms with van der Waals surface area (Å²) < 4.78 is 1.72. The van der Waals surface area contributed by atoms with Crippen molar-refractivity contribution in [1.82, 2.24) is 14.8 Å². The Morgan fingerprint density at radius 2 is 2.33 bits per heavy atom. The van der Waals surface area contributed by atoms with Gasteiger partial charge in [0.25, 0.3) is 0 Å². The predicted molar refractivity (Wildman–Crippen MR) is 46.4 cm³/mol. The summed E-state index contributed by atoms with van der Waals surface area (Å²) in [5.41, 5.74) is 1.64. The van der Waals surface area contributed by atoms with Crippen LogP contribution in [0.3, 0.4) is 0 Å². The van der Waals surface area contributed by atoms with Gasteiger partial charge < -0.3 is 0 Å². The van der Waals surface area contributed by atoms with Crippen LogP contribution in [-0.2, 0) is 7.05 Å². The number of pyridine rings is 1. The average Bonchev–Trinajstić information content (AvgIpc) is 2.47. The Bertz CT molecular complexity index is 462. The van der Waals surface area contributed by atoms with E-state index in [1.54, 1.807) is 17.1 Å². The highest BCUT2D eigenvalue weighted by atomic mass is 15.3. The summed E-state index contributed by atoms with van der Waals surface area (Å²) in [4.78, 5) is 4.17. The van der Waals surface area contributed by atoms with E-state index >= 15 is 0 Å². The molecule has 0 aromatic carbocycles. The molecule has 0 bridgehead atoms. The van der Waals surface area contributed by atoms with E-state index in [1.807, 2.05) is 13.1 Å². The highest BCUT2D eigenvalue weighted by Gasteiger charge is 1.99. The quantitative estimate of drug-likeness (QED) is 0.533. The average molecular weight is 157 g/mol. The molecule has 2 rings (SSSR count). The zero-order valence-electron chi connectivity index (χ0n) is 6.65. The molecule has 0 radical (unpaired) electrons. The van der Waals surface area contributed by atoms with Crippen molar-refractivity contribution < 1.29 is 0 Å². The van der Waals surface area contributed by atoms with E-state index in [4.69, 9.17) is 6.42 Å².